The Hall–Kier alpha value is -1.26. The molecule has 0 saturated carbocycles. The van der Waals surface area contributed by atoms with Gasteiger partial charge in [-0.3, -0.25) is 0 Å². The fourth-order valence-electron chi connectivity index (χ4n) is 1.03. The Morgan fingerprint density at radius 3 is 2.44 bits per heavy atom. The summed E-state index contributed by atoms with van der Waals surface area (Å²) in [6.45, 7) is 0. The van der Waals surface area contributed by atoms with Crippen molar-refractivity contribution in [3.8, 4) is 11.6 Å². The summed E-state index contributed by atoms with van der Waals surface area (Å²) in [7, 11) is 2.29. The molecule has 100 valence electrons. The smallest absolute Gasteiger partial charge is 0.480 e. The summed E-state index contributed by atoms with van der Waals surface area (Å²) in [6, 6.07) is 0.837. The normalized spacial score (nSPS) is 11.0. The monoisotopic (exact) mass is 377 g/mol. The fraction of sp³-hybridized carbons (Fsp3) is 0.333. The number of ether oxygens (including phenoxy) is 3. The molecule has 0 aliphatic carbocycles. The van der Waals surface area contributed by atoms with Gasteiger partial charge in [-0.25, -0.2) is 9.78 Å². The highest BCUT2D eigenvalue weighted by atomic mass is 127. The average Bonchev–Trinajstić information content (AvgIpc) is 2.29. The second-order valence-corrected chi connectivity index (χ2v) is 3.95. The number of halogens is 4. The van der Waals surface area contributed by atoms with Crippen LogP contribution < -0.4 is 9.47 Å². The topological polar surface area (TPSA) is 57.7 Å². The summed E-state index contributed by atoms with van der Waals surface area (Å²) in [5.41, 5.74) is -0.339. The maximum absolute atomic E-state index is 12.2. The Labute approximate surface area is 113 Å². The summed E-state index contributed by atoms with van der Waals surface area (Å²) < 4.78 is 49.4. The number of rotatable bonds is 3. The molecule has 0 unspecified atom stereocenters. The lowest BCUT2D eigenvalue weighted by molar-refractivity contribution is -0.275. The molecule has 1 aromatic heterocycles. The first-order chi connectivity index (χ1) is 8.28. The third kappa shape index (κ3) is 3.62. The molecule has 0 radical (unpaired) electrons. The summed E-state index contributed by atoms with van der Waals surface area (Å²) in [6.07, 6.45) is -4.88. The van der Waals surface area contributed by atoms with Crippen molar-refractivity contribution in [3.63, 3.8) is 0 Å². The Morgan fingerprint density at radius 1 is 1.39 bits per heavy atom. The van der Waals surface area contributed by atoms with Crippen LogP contribution in [0.5, 0.6) is 11.6 Å². The van der Waals surface area contributed by atoms with Crippen LogP contribution in [0.15, 0.2) is 6.07 Å². The average molecular weight is 377 g/mol. The molecule has 0 aromatic carbocycles. The molecule has 0 spiro atoms. The van der Waals surface area contributed by atoms with Gasteiger partial charge in [0.05, 0.1) is 14.2 Å². The molecule has 1 rings (SSSR count). The summed E-state index contributed by atoms with van der Waals surface area (Å²) in [4.78, 5) is 14.9. The predicted octanol–water partition coefficient (Wildman–Crippen LogP) is 2.38. The van der Waals surface area contributed by atoms with Gasteiger partial charge in [0.15, 0.2) is 11.4 Å². The zero-order valence-electron chi connectivity index (χ0n) is 9.17. The second kappa shape index (κ2) is 5.59. The molecule has 0 aliphatic heterocycles. The molecule has 9 heteroatoms. The van der Waals surface area contributed by atoms with E-state index in [0.717, 1.165) is 13.2 Å². The van der Waals surface area contributed by atoms with Crippen LogP contribution in [0.3, 0.4) is 0 Å². The standard InChI is InChI=1S/C9H7F3INO4/c1-16-7-6(13)5(18-9(10,11)12)3-4(14-7)8(15)17-2/h3H,1-2H3. The Morgan fingerprint density at radius 2 is 2.00 bits per heavy atom. The molecule has 0 aliphatic rings. The highest BCUT2D eigenvalue weighted by Gasteiger charge is 2.33. The van der Waals surface area contributed by atoms with Gasteiger partial charge in [-0.05, 0) is 22.6 Å². The van der Waals surface area contributed by atoms with E-state index in [1.807, 2.05) is 0 Å². The molecular formula is C9H7F3INO4. The van der Waals surface area contributed by atoms with Crippen LogP contribution in [0.25, 0.3) is 0 Å². The van der Waals surface area contributed by atoms with Gasteiger partial charge in [0.2, 0.25) is 5.88 Å². The van der Waals surface area contributed by atoms with Crippen molar-refractivity contribution >= 4 is 28.6 Å². The minimum atomic E-state index is -4.88. The highest BCUT2D eigenvalue weighted by Crippen LogP contribution is 2.33. The molecule has 0 amide bonds. The number of hydrogen-bond acceptors (Lipinski definition) is 5. The van der Waals surface area contributed by atoms with E-state index in [4.69, 9.17) is 4.74 Å². The van der Waals surface area contributed by atoms with Crippen LogP contribution in [0, 0.1) is 3.57 Å². The number of pyridine rings is 1. The molecule has 0 atom stereocenters. The van der Waals surface area contributed by atoms with Gasteiger partial charge in [-0.2, -0.15) is 0 Å². The lowest BCUT2D eigenvalue weighted by atomic mass is 10.3. The van der Waals surface area contributed by atoms with Gasteiger partial charge in [-0.1, -0.05) is 0 Å². The largest absolute Gasteiger partial charge is 0.573 e. The third-order valence-electron chi connectivity index (χ3n) is 1.71. The molecule has 18 heavy (non-hydrogen) atoms. The van der Waals surface area contributed by atoms with E-state index < -0.39 is 18.1 Å². The van der Waals surface area contributed by atoms with Crippen molar-refractivity contribution < 1.29 is 32.2 Å². The van der Waals surface area contributed by atoms with Crippen LogP contribution in [-0.4, -0.2) is 31.5 Å². The van der Waals surface area contributed by atoms with E-state index >= 15 is 0 Å². The second-order valence-electron chi connectivity index (χ2n) is 2.87. The molecule has 1 heterocycles. The van der Waals surface area contributed by atoms with Crippen molar-refractivity contribution in [2.24, 2.45) is 0 Å². The van der Waals surface area contributed by atoms with Crippen molar-refractivity contribution in [3.05, 3.63) is 15.3 Å². The van der Waals surface area contributed by atoms with Crippen molar-refractivity contribution in [2.45, 2.75) is 6.36 Å². The van der Waals surface area contributed by atoms with E-state index in [-0.39, 0.29) is 15.1 Å². The van der Waals surface area contributed by atoms with Crippen molar-refractivity contribution in [1.29, 1.82) is 0 Å². The van der Waals surface area contributed by atoms with E-state index in [2.05, 4.69) is 14.5 Å². The van der Waals surface area contributed by atoms with Gasteiger partial charge in [0.1, 0.15) is 3.57 Å². The molecule has 0 N–H and O–H groups in total. The van der Waals surface area contributed by atoms with Crippen LogP contribution >= 0.6 is 22.6 Å². The van der Waals surface area contributed by atoms with Crippen LogP contribution in [-0.2, 0) is 4.74 Å². The maximum Gasteiger partial charge on any atom is 0.573 e. The highest BCUT2D eigenvalue weighted by molar-refractivity contribution is 14.1. The first kappa shape index (κ1) is 14.8. The number of esters is 1. The van der Waals surface area contributed by atoms with E-state index in [1.54, 1.807) is 22.6 Å². The Bertz CT molecular complexity index is 464. The molecule has 0 bridgehead atoms. The van der Waals surface area contributed by atoms with Gasteiger partial charge >= 0.3 is 12.3 Å². The zero-order valence-corrected chi connectivity index (χ0v) is 11.3. The van der Waals surface area contributed by atoms with Gasteiger partial charge < -0.3 is 14.2 Å². The summed E-state index contributed by atoms with van der Waals surface area (Å²) in [5.74, 6) is -1.62. The molecule has 5 nitrogen and oxygen atoms in total. The molecular weight excluding hydrogens is 370 g/mol. The number of hydrogen-bond donors (Lipinski definition) is 0. The SMILES string of the molecule is COC(=O)c1cc(OC(F)(F)F)c(I)c(OC)n1. The Balaban J connectivity index is 3.27. The number of nitrogens with zero attached hydrogens (tertiary/aromatic N) is 1. The van der Waals surface area contributed by atoms with Gasteiger partial charge in [0.25, 0.3) is 0 Å². The van der Waals surface area contributed by atoms with E-state index in [0.29, 0.717) is 0 Å². The quantitative estimate of drug-likeness (QED) is 0.598. The molecule has 0 fully saturated rings. The van der Waals surface area contributed by atoms with E-state index in [1.165, 1.54) is 7.11 Å². The van der Waals surface area contributed by atoms with Gasteiger partial charge in [-0.15, -0.1) is 13.2 Å². The fourth-order valence-corrected chi connectivity index (χ4v) is 1.63. The zero-order chi connectivity index (χ0) is 13.9. The molecule has 1 aromatic rings. The maximum atomic E-state index is 12.2. The van der Waals surface area contributed by atoms with Crippen molar-refractivity contribution in [2.75, 3.05) is 14.2 Å². The minimum absolute atomic E-state index is 0.0000723. The first-order valence-electron chi connectivity index (χ1n) is 4.37. The number of aromatic nitrogens is 1. The lowest BCUT2D eigenvalue weighted by Gasteiger charge is -2.13. The first-order valence-corrected chi connectivity index (χ1v) is 5.45. The number of carbonyl (C=O) groups excluding carboxylic acids is 1. The summed E-state index contributed by atoms with van der Waals surface area (Å²) in [5, 5.41) is 0. The molecule has 0 saturated heterocycles. The van der Waals surface area contributed by atoms with E-state index in [9.17, 15) is 18.0 Å². The lowest BCUT2D eigenvalue weighted by Crippen LogP contribution is -2.19. The van der Waals surface area contributed by atoms with Crippen molar-refractivity contribution in [1.82, 2.24) is 4.98 Å². The van der Waals surface area contributed by atoms with Crippen LogP contribution in [0.2, 0.25) is 0 Å². The van der Waals surface area contributed by atoms with Gasteiger partial charge in [0, 0.05) is 6.07 Å². The van der Waals surface area contributed by atoms with Crippen LogP contribution in [0.1, 0.15) is 10.5 Å². The Kier molecular flexibility index (Phi) is 4.59. The third-order valence-corrected chi connectivity index (χ3v) is 2.70. The minimum Gasteiger partial charge on any atom is -0.480 e. The number of methoxy groups -OCH3 is 2. The summed E-state index contributed by atoms with van der Waals surface area (Å²) >= 11 is 1.57. The number of alkyl halides is 3. The number of carbonyl (C=O) groups is 1. The van der Waals surface area contributed by atoms with Crippen LogP contribution in [0.4, 0.5) is 13.2 Å². The predicted molar refractivity (Wildman–Crippen MR) is 61.5 cm³/mol.